The Morgan fingerprint density at radius 1 is 1.17 bits per heavy atom. The SMILES string of the molecule is CCNC(=NCc1cccc(OCCN(C)C)c1)NCC1(CCOC)CCCC1.I. The molecule has 1 aliphatic rings. The van der Waals surface area contributed by atoms with Gasteiger partial charge in [-0.3, -0.25) is 0 Å². The normalized spacial score (nSPS) is 15.7. The summed E-state index contributed by atoms with van der Waals surface area (Å²) in [5, 5.41) is 6.97. The first-order chi connectivity index (χ1) is 14.1. The van der Waals surface area contributed by atoms with Gasteiger partial charge in [-0.2, -0.15) is 0 Å². The molecular weight excluding hydrogens is 491 g/mol. The number of nitrogens with zero attached hydrogens (tertiary/aromatic N) is 2. The van der Waals surface area contributed by atoms with Gasteiger partial charge in [0.1, 0.15) is 12.4 Å². The van der Waals surface area contributed by atoms with Crippen molar-refractivity contribution < 1.29 is 9.47 Å². The van der Waals surface area contributed by atoms with E-state index < -0.39 is 0 Å². The predicted octanol–water partition coefficient (Wildman–Crippen LogP) is 3.90. The smallest absolute Gasteiger partial charge is 0.191 e. The third-order valence-corrected chi connectivity index (χ3v) is 5.60. The van der Waals surface area contributed by atoms with Crippen LogP contribution in [0.4, 0.5) is 0 Å². The largest absolute Gasteiger partial charge is 0.492 e. The maximum atomic E-state index is 5.84. The highest BCUT2D eigenvalue weighted by molar-refractivity contribution is 14.0. The number of ether oxygens (including phenoxy) is 2. The molecule has 1 saturated carbocycles. The van der Waals surface area contributed by atoms with Gasteiger partial charge in [0.15, 0.2) is 5.96 Å². The van der Waals surface area contributed by atoms with Crippen LogP contribution in [-0.2, 0) is 11.3 Å². The summed E-state index contributed by atoms with van der Waals surface area (Å²) in [5.41, 5.74) is 1.49. The molecule has 0 atom stereocenters. The van der Waals surface area contributed by atoms with Crippen molar-refractivity contribution in [3.63, 3.8) is 0 Å². The molecule has 0 aromatic heterocycles. The fourth-order valence-corrected chi connectivity index (χ4v) is 3.82. The molecule has 1 aromatic carbocycles. The van der Waals surface area contributed by atoms with E-state index in [4.69, 9.17) is 14.5 Å². The molecule has 2 N–H and O–H groups in total. The van der Waals surface area contributed by atoms with Gasteiger partial charge in [0.05, 0.1) is 6.54 Å². The first-order valence-electron chi connectivity index (χ1n) is 10.9. The van der Waals surface area contributed by atoms with Gasteiger partial charge in [0, 0.05) is 33.4 Å². The molecule has 0 unspecified atom stereocenters. The van der Waals surface area contributed by atoms with E-state index in [2.05, 4.69) is 48.7 Å². The number of methoxy groups -OCH3 is 1. The Morgan fingerprint density at radius 3 is 2.60 bits per heavy atom. The zero-order chi connectivity index (χ0) is 21.0. The third-order valence-electron chi connectivity index (χ3n) is 5.60. The number of aliphatic imine (C=N–C) groups is 1. The second-order valence-electron chi connectivity index (χ2n) is 8.30. The minimum Gasteiger partial charge on any atom is -0.492 e. The standard InChI is InChI=1S/C23H40N4O2.HI/c1-5-24-22(26-19-23(13-15-28-4)11-6-7-12-23)25-18-20-9-8-10-21(17-20)29-16-14-27(2)3;/h8-10,17H,5-7,11-16,18-19H2,1-4H3,(H2,24,25,26);1H. The molecule has 0 aliphatic heterocycles. The highest BCUT2D eigenvalue weighted by atomic mass is 127. The molecule has 172 valence electrons. The van der Waals surface area contributed by atoms with E-state index in [0.29, 0.717) is 18.6 Å². The van der Waals surface area contributed by atoms with E-state index in [1.807, 2.05) is 12.1 Å². The fraction of sp³-hybridized carbons (Fsp3) is 0.696. The predicted molar refractivity (Wildman–Crippen MR) is 136 cm³/mol. The summed E-state index contributed by atoms with van der Waals surface area (Å²) in [4.78, 5) is 6.92. The van der Waals surface area contributed by atoms with Gasteiger partial charge in [0.25, 0.3) is 0 Å². The lowest BCUT2D eigenvalue weighted by Gasteiger charge is -2.30. The van der Waals surface area contributed by atoms with Crippen LogP contribution in [0.25, 0.3) is 0 Å². The lowest BCUT2D eigenvalue weighted by Crippen LogP contribution is -2.43. The lowest BCUT2D eigenvalue weighted by atomic mass is 9.83. The van der Waals surface area contributed by atoms with Crippen molar-refractivity contribution in [2.24, 2.45) is 10.4 Å². The van der Waals surface area contributed by atoms with E-state index in [-0.39, 0.29) is 24.0 Å². The number of likely N-dealkylation sites (N-methyl/N-ethyl adjacent to an activating group) is 1. The molecule has 0 heterocycles. The number of hydrogen-bond donors (Lipinski definition) is 2. The highest BCUT2D eigenvalue weighted by Gasteiger charge is 2.33. The number of hydrogen-bond acceptors (Lipinski definition) is 4. The van der Waals surface area contributed by atoms with E-state index in [1.165, 1.54) is 25.7 Å². The molecule has 30 heavy (non-hydrogen) atoms. The van der Waals surface area contributed by atoms with Crippen molar-refractivity contribution in [1.29, 1.82) is 0 Å². The Labute approximate surface area is 200 Å². The minimum atomic E-state index is 0. The van der Waals surface area contributed by atoms with Crippen molar-refractivity contribution >= 4 is 29.9 Å². The van der Waals surface area contributed by atoms with Crippen LogP contribution in [0.15, 0.2) is 29.3 Å². The van der Waals surface area contributed by atoms with Gasteiger partial charge in [0.2, 0.25) is 0 Å². The molecule has 6 nitrogen and oxygen atoms in total. The van der Waals surface area contributed by atoms with E-state index >= 15 is 0 Å². The van der Waals surface area contributed by atoms with Crippen molar-refractivity contribution in [3.05, 3.63) is 29.8 Å². The Balaban J connectivity index is 0.00000450. The maximum Gasteiger partial charge on any atom is 0.191 e. The topological polar surface area (TPSA) is 58.1 Å². The fourth-order valence-electron chi connectivity index (χ4n) is 3.82. The quantitative estimate of drug-likeness (QED) is 0.243. The van der Waals surface area contributed by atoms with Crippen LogP contribution in [-0.4, -0.2) is 64.9 Å². The van der Waals surface area contributed by atoms with Crippen molar-refractivity contribution in [2.45, 2.75) is 45.6 Å². The molecule has 0 bridgehead atoms. The van der Waals surface area contributed by atoms with Crippen molar-refractivity contribution in [2.75, 3.05) is 54.1 Å². The molecule has 0 radical (unpaired) electrons. The van der Waals surface area contributed by atoms with E-state index in [1.54, 1.807) is 7.11 Å². The number of guanidine groups is 1. The van der Waals surface area contributed by atoms with Crippen molar-refractivity contribution in [3.8, 4) is 5.75 Å². The van der Waals surface area contributed by atoms with Crippen LogP contribution in [0.1, 0.15) is 44.6 Å². The average Bonchev–Trinajstić information content (AvgIpc) is 3.18. The van der Waals surface area contributed by atoms with Gasteiger partial charge in [-0.1, -0.05) is 25.0 Å². The summed E-state index contributed by atoms with van der Waals surface area (Å²) in [7, 11) is 5.89. The minimum absolute atomic E-state index is 0. The first kappa shape index (κ1) is 27.0. The Morgan fingerprint density at radius 2 is 1.93 bits per heavy atom. The van der Waals surface area contributed by atoms with Crippen LogP contribution in [0.2, 0.25) is 0 Å². The van der Waals surface area contributed by atoms with Crippen molar-refractivity contribution in [1.82, 2.24) is 15.5 Å². The second-order valence-corrected chi connectivity index (χ2v) is 8.30. The number of halogens is 1. The zero-order valence-corrected chi connectivity index (χ0v) is 21.5. The van der Waals surface area contributed by atoms with Gasteiger partial charge < -0.3 is 25.0 Å². The average molecular weight is 533 g/mol. The summed E-state index contributed by atoms with van der Waals surface area (Å²) < 4.78 is 11.2. The summed E-state index contributed by atoms with van der Waals surface area (Å²) in [5.74, 6) is 1.79. The molecule has 1 fully saturated rings. The van der Waals surface area contributed by atoms with Gasteiger partial charge >= 0.3 is 0 Å². The molecule has 1 aromatic rings. The molecule has 7 heteroatoms. The maximum absolute atomic E-state index is 5.84. The highest BCUT2D eigenvalue weighted by Crippen LogP contribution is 2.40. The summed E-state index contributed by atoms with van der Waals surface area (Å²) in [6, 6.07) is 8.23. The Bertz CT molecular complexity index is 619. The number of nitrogens with one attached hydrogen (secondary N) is 2. The van der Waals surface area contributed by atoms with Crippen LogP contribution >= 0.6 is 24.0 Å². The summed E-state index contributed by atoms with van der Waals surface area (Å²) >= 11 is 0. The lowest BCUT2D eigenvalue weighted by molar-refractivity contribution is 0.138. The van der Waals surface area contributed by atoms with E-state index in [9.17, 15) is 0 Å². The Hall–Kier alpha value is -1.06. The monoisotopic (exact) mass is 532 g/mol. The van der Waals surface area contributed by atoms with Crippen LogP contribution < -0.4 is 15.4 Å². The van der Waals surface area contributed by atoms with Crippen LogP contribution in [0.5, 0.6) is 5.75 Å². The van der Waals surface area contributed by atoms with E-state index in [0.717, 1.165) is 49.9 Å². The van der Waals surface area contributed by atoms with Gasteiger partial charge in [-0.25, -0.2) is 4.99 Å². The molecule has 2 rings (SSSR count). The van der Waals surface area contributed by atoms with Crippen LogP contribution in [0, 0.1) is 5.41 Å². The van der Waals surface area contributed by atoms with Gasteiger partial charge in [-0.05, 0) is 63.4 Å². The molecule has 0 amide bonds. The summed E-state index contributed by atoms with van der Waals surface area (Å²) in [6.07, 6.45) is 6.30. The Kier molecular flexibility index (Phi) is 13.4. The molecule has 0 saturated heterocycles. The molecular formula is C23H41IN4O2. The first-order valence-corrected chi connectivity index (χ1v) is 10.9. The zero-order valence-electron chi connectivity index (χ0n) is 19.2. The molecule has 0 spiro atoms. The summed E-state index contributed by atoms with van der Waals surface area (Å²) in [6.45, 7) is 6.96. The second kappa shape index (κ2) is 14.9. The number of rotatable bonds is 12. The third kappa shape index (κ3) is 9.83. The van der Waals surface area contributed by atoms with Crippen LogP contribution in [0.3, 0.4) is 0 Å². The molecule has 1 aliphatic carbocycles. The number of benzene rings is 1. The van der Waals surface area contributed by atoms with Gasteiger partial charge in [-0.15, -0.1) is 24.0 Å².